The summed E-state index contributed by atoms with van der Waals surface area (Å²) in [4.78, 5) is 4.22. The first kappa shape index (κ1) is 12.4. The van der Waals surface area contributed by atoms with Gasteiger partial charge in [-0.25, -0.2) is 0 Å². The van der Waals surface area contributed by atoms with Gasteiger partial charge in [0, 0.05) is 6.20 Å². The zero-order valence-corrected chi connectivity index (χ0v) is 11.2. The molecule has 0 spiro atoms. The second-order valence-corrected chi connectivity index (χ2v) is 5.03. The van der Waals surface area contributed by atoms with Crippen molar-refractivity contribution in [2.75, 3.05) is 6.54 Å². The predicted molar refractivity (Wildman–Crippen MR) is 70.2 cm³/mol. The molecule has 4 nitrogen and oxygen atoms in total. The van der Waals surface area contributed by atoms with E-state index in [1.54, 1.807) is 23.6 Å². The summed E-state index contributed by atoms with van der Waals surface area (Å²) in [6.45, 7) is 5.05. The minimum absolute atomic E-state index is 0.221. The molecular weight excluding hydrogens is 256 g/mol. The molecule has 0 saturated heterocycles. The first-order valence-electron chi connectivity index (χ1n) is 5.39. The van der Waals surface area contributed by atoms with Gasteiger partial charge in [0.15, 0.2) is 5.01 Å². The van der Waals surface area contributed by atoms with Crippen LogP contribution in [0.1, 0.15) is 24.9 Å². The lowest BCUT2D eigenvalue weighted by Crippen LogP contribution is -2.17. The third kappa shape index (κ3) is 3.00. The number of nitrogens with one attached hydrogen (secondary N) is 1. The number of aromatic nitrogens is 3. The minimum Gasteiger partial charge on any atom is -0.308 e. The average molecular weight is 269 g/mol. The van der Waals surface area contributed by atoms with Crippen LogP contribution in [0.4, 0.5) is 0 Å². The Kier molecular flexibility index (Phi) is 4.04. The van der Waals surface area contributed by atoms with Crippen LogP contribution in [0.25, 0.3) is 10.7 Å². The van der Waals surface area contributed by atoms with Crippen molar-refractivity contribution in [3.8, 4) is 10.7 Å². The predicted octanol–water partition coefficient (Wildman–Crippen LogP) is 2.92. The molecule has 0 bridgehead atoms. The van der Waals surface area contributed by atoms with Crippen LogP contribution >= 0.6 is 22.9 Å². The second kappa shape index (κ2) is 5.53. The van der Waals surface area contributed by atoms with Gasteiger partial charge in [0.1, 0.15) is 10.7 Å². The van der Waals surface area contributed by atoms with Crippen molar-refractivity contribution in [3.63, 3.8) is 0 Å². The Balaban J connectivity index is 2.20. The molecule has 17 heavy (non-hydrogen) atoms. The normalized spacial score (nSPS) is 12.6. The van der Waals surface area contributed by atoms with Gasteiger partial charge in [0.2, 0.25) is 0 Å². The lowest BCUT2D eigenvalue weighted by Gasteiger charge is -2.06. The molecule has 0 aromatic carbocycles. The number of rotatable bonds is 4. The van der Waals surface area contributed by atoms with Crippen LogP contribution in [0.5, 0.6) is 0 Å². The third-order valence-corrected chi connectivity index (χ3v) is 3.62. The van der Waals surface area contributed by atoms with E-state index in [0.29, 0.717) is 5.02 Å². The maximum Gasteiger partial charge on any atom is 0.166 e. The number of hydrogen-bond acceptors (Lipinski definition) is 5. The molecular formula is C11H13ClN4S. The standard InChI is InChI=1S/C11H13ClN4S/c1-3-13-7(2)10-15-16-11(17-10)9-5-4-8(12)6-14-9/h4-7,13H,3H2,1-2H3. The molecule has 6 heteroatoms. The first-order valence-corrected chi connectivity index (χ1v) is 6.59. The van der Waals surface area contributed by atoms with E-state index in [1.165, 1.54) is 0 Å². The van der Waals surface area contributed by atoms with Crippen molar-refractivity contribution >= 4 is 22.9 Å². The fourth-order valence-electron chi connectivity index (χ4n) is 1.41. The number of halogens is 1. The Morgan fingerprint density at radius 2 is 2.24 bits per heavy atom. The Bertz CT molecular complexity index is 482. The van der Waals surface area contributed by atoms with Crippen LogP contribution in [0.15, 0.2) is 18.3 Å². The lowest BCUT2D eigenvalue weighted by atomic mass is 10.3. The van der Waals surface area contributed by atoms with Gasteiger partial charge in [-0.05, 0) is 25.6 Å². The van der Waals surface area contributed by atoms with Crippen molar-refractivity contribution in [1.82, 2.24) is 20.5 Å². The molecule has 0 aliphatic heterocycles. The fraction of sp³-hybridized carbons (Fsp3) is 0.364. The lowest BCUT2D eigenvalue weighted by molar-refractivity contribution is 0.590. The van der Waals surface area contributed by atoms with Gasteiger partial charge in [-0.2, -0.15) is 0 Å². The van der Waals surface area contributed by atoms with E-state index in [9.17, 15) is 0 Å². The van der Waals surface area contributed by atoms with Crippen LogP contribution in [0.3, 0.4) is 0 Å². The molecule has 0 saturated carbocycles. The molecule has 1 N–H and O–H groups in total. The SMILES string of the molecule is CCNC(C)c1nnc(-c2ccc(Cl)cn2)s1. The Hall–Kier alpha value is -1.04. The highest BCUT2D eigenvalue weighted by Gasteiger charge is 2.12. The summed E-state index contributed by atoms with van der Waals surface area (Å²) in [5.74, 6) is 0. The molecule has 2 heterocycles. The van der Waals surface area contributed by atoms with Crippen molar-refractivity contribution in [3.05, 3.63) is 28.4 Å². The minimum atomic E-state index is 0.221. The summed E-state index contributed by atoms with van der Waals surface area (Å²) in [6.07, 6.45) is 1.62. The van der Waals surface area contributed by atoms with Crippen LogP contribution in [-0.4, -0.2) is 21.7 Å². The topological polar surface area (TPSA) is 50.7 Å². The summed E-state index contributed by atoms with van der Waals surface area (Å²) < 4.78 is 0. The highest BCUT2D eigenvalue weighted by atomic mass is 35.5. The van der Waals surface area contributed by atoms with Crippen molar-refractivity contribution in [1.29, 1.82) is 0 Å². The van der Waals surface area contributed by atoms with E-state index in [0.717, 1.165) is 22.3 Å². The maximum absolute atomic E-state index is 5.79. The summed E-state index contributed by atoms with van der Waals surface area (Å²) >= 11 is 7.34. The molecule has 0 aliphatic carbocycles. The third-order valence-electron chi connectivity index (χ3n) is 2.27. The molecule has 2 rings (SSSR count). The summed E-state index contributed by atoms with van der Waals surface area (Å²) in [5, 5.41) is 14.0. The quantitative estimate of drug-likeness (QED) is 0.926. The van der Waals surface area contributed by atoms with Gasteiger partial charge in [-0.1, -0.05) is 29.9 Å². The molecule has 2 aromatic rings. The van der Waals surface area contributed by atoms with Crippen molar-refractivity contribution in [2.24, 2.45) is 0 Å². The highest BCUT2D eigenvalue weighted by molar-refractivity contribution is 7.14. The molecule has 1 unspecified atom stereocenters. The van der Waals surface area contributed by atoms with E-state index >= 15 is 0 Å². The molecule has 2 aromatic heterocycles. The van der Waals surface area contributed by atoms with E-state index < -0.39 is 0 Å². The van der Waals surface area contributed by atoms with E-state index in [-0.39, 0.29) is 6.04 Å². The Morgan fingerprint density at radius 1 is 1.41 bits per heavy atom. The van der Waals surface area contributed by atoms with Crippen LogP contribution < -0.4 is 5.32 Å². The summed E-state index contributed by atoms with van der Waals surface area (Å²) in [7, 11) is 0. The smallest absolute Gasteiger partial charge is 0.166 e. The molecule has 0 fully saturated rings. The Labute approximate surface area is 109 Å². The van der Waals surface area contributed by atoms with Gasteiger partial charge >= 0.3 is 0 Å². The maximum atomic E-state index is 5.79. The summed E-state index contributed by atoms with van der Waals surface area (Å²) in [5.41, 5.74) is 0.807. The molecule has 0 radical (unpaired) electrons. The van der Waals surface area contributed by atoms with Gasteiger partial charge in [-0.3, -0.25) is 4.98 Å². The number of pyridine rings is 1. The van der Waals surface area contributed by atoms with Gasteiger partial charge in [0.25, 0.3) is 0 Å². The largest absolute Gasteiger partial charge is 0.308 e. The molecule has 0 amide bonds. The Morgan fingerprint density at radius 3 is 2.88 bits per heavy atom. The monoisotopic (exact) mass is 268 g/mol. The highest BCUT2D eigenvalue weighted by Crippen LogP contribution is 2.25. The first-order chi connectivity index (χ1) is 8.20. The van der Waals surface area contributed by atoms with Crippen molar-refractivity contribution in [2.45, 2.75) is 19.9 Å². The molecule has 1 atom stereocenters. The second-order valence-electron chi connectivity index (χ2n) is 3.59. The summed E-state index contributed by atoms with van der Waals surface area (Å²) in [6, 6.07) is 3.88. The van der Waals surface area contributed by atoms with Crippen LogP contribution in [-0.2, 0) is 0 Å². The van der Waals surface area contributed by atoms with Crippen LogP contribution in [0, 0.1) is 0 Å². The zero-order valence-electron chi connectivity index (χ0n) is 9.64. The van der Waals surface area contributed by atoms with Crippen LogP contribution in [0.2, 0.25) is 5.02 Å². The molecule has 0 aliphatic rings. The number of hydrogen-bond donors (Lipinski definition) is 1. The van der Waals surface area contributed by atoms with E-state index in [2.05, 4.69) is 34.3 Å². The van der Waals surface area contributed by atoms with E-state index in [4.69, 9.17) is 11.6 Å². The van der Waals surface area contributed by atoms with Gasteiger partial charge in [-0.15, -0.1) is 10.2 Å². The van der Waals surface area contributed by atoms with E-state index in [1.807, 2.05) is 6.07 Å². The fourth-order valence-corrected chi connectivity index (χ4v) is 2.37. The number of nitrogens with zero attached hydrogens (tertiary/aromatic N) is 3. The zero-order chi connectivity index (χ0) is 12.3. The average Bonchev–Trinajstić information content (AvgIpc) is 2.80. The van der Waals surface area contributed by atoms with Gasteiger partial charge < -0.3 is 5.32 Å². The van der Waals surface area contributed by atoms with Gasteiger partial charge in [0.05, 0.1) is 11.1 Å². The van der Waals surface area contributed by atoms with Crippen molar-refractivity contribution < 1.29 is 0 Å². The molecule has 90 valence electrons.